The summed E-state index contributed by atoms with van der Waals surface area (Å²) >= 11 is 5.84. The summed E-state index contributed by atoms with van der Waals surface area (Å²) in [5.41, 5.74) is -0.387. The van der Waals surface area contributed by atoms with Crippen LogP contribution < -0.4 is 0 Å². The van der Waals surface area contributed by atoms with Crippen LogP contribution in [0.5, 0.6) is 0 Å². The minimum Gasteiger partial charge on any atom is -0.481 e. The predicted molar refractivity (Wildman–Crippen MR) is 32.5 cm³/mol. The van der Waals surface area contributed by atoms with Gasteiger partial charge in [-0.25, -0.2) is 0 Å². The predicted octanol–water partition coefficient (Wildman–Crippen LogP) is 1.23. The van der Waals surface area contributed by atoms with Crippen LogP contribution in [0.1, 0.15) is 19.3 Å². The molecule has 3 fully saturated rings. The van der Waals surface area contributed by atoms with Crippen molar-refractivity contribution < 1.29 is 9.90 Å². The summed E-state index contributed by atoms with van der Waals surface area (Å²) in [5, 5.41) is 8.59. The van der Waals surface area contributed by atoms with Crippen LogP contribution in [-0.2, 0) is 4.79 Å². The molecule has 0 amide bonds. The van der Waals surface area contributed by atoms with Crippen molar-refractivity contribution >= 4 is 17.6 Å². The largest absolute Gasteiger partial charge is 0.481 e. The summed E-state index contributed by atoms with van der Waals surface area (Å²) in [6.45, 7) is 0. The zero-order chi connectivity index (χ0) is 6.70. The third-order valence-corrected chi connectivity index (χ3v) is 2.82. The van der Waals surface area contributed by atoms with Crippen LogP contribution in [0, 0.1) is 5.41 Å². The van der Waals surface area contributed by atoms with E-state index in [-0.39, 0.29) is 10.3 Å². The molecular formula is C6H7ClO2. The smallest absolute Gasteiger partial charge is 0.309 e. The summed E-state index contributed by atoms with van der Waals surface area (Å²) < 4.78 is 0. The molecule has 3 heteroatoms. The summed E-state index contributed by atoms with van der Waals surface area (Å²) in [4.78, 5) is 10.3. The lowest BCUT2D eigenvalue weighted by molar-refractivity contribution is -0.178. The minimum absolute atomic E-state index is 0.0988. The zero-order valence-electron chi connectivity index (χ0n) is 4.85. The highest BCUT2D eigenvalue weighted by molar-refractivity contribution is 6.27. The number of carboxylic acids is 1. The number of carboxylic acid groups (broad SMARTS) is 1. The van der Waals surface area contributed by atoms with E-state index in [4.69, 9.17) is 16.7 Å². The quantitative estimate of drug-likeness (QED) is 0.565. The molecule has 3 aliphatic rings. The molecule has 0 atom stereocenters. The van der Waals surface area contributed by atoms with Crippen LogP contribution >= 0.6 is 11.6 Å². The van der Waals surface area contributed by atoms with Crippen molar-refractivity contribution in [2.45, 2.75) is 24.1 Å². The molecule has 0 saturated heterocycles. The van der Waals surface area contributed by atoms with Gasteiger partial charge in [-0.05, 0) is 19.3 Å². The second kappa shape index (κ2) is 1.12. The standard InChI is InChI=1S/C6H7ClO2/c7-6-1-5(2-6,3-6)4(8)9/h1-3H2,(H,8,9). The summed E-state index contributed by atoms with van der Waals surface area (Å²) in [6, 6.07) is 0. The van der Waals surface area contributed by atoms with Gasteiger partial charge >= 0.3 is 5.97 Å². The lowest BCUT2D eigenvalue weighted by Crippen LogP contribution is -2.67. The SMILES string of the molecule is O=C(O)C12CC(Cl)(C1)C2. The molecule has 0 unspecified atom stereocenters. The van der Waals surface area contributed by atoms with Gasteiger partial charge in [-0.2, -0.15) is 0 Å². The Morgan fingerprint density at radius 3 is 2.00 bits per heavy atom. The van der Waals surface area contributed by atoms with Crippen molar-refractivity contribution in [3.8, 4) is 0 Å². The number of aliphatic carboxylic acids is 1. The van der Waals surface area contributed by atoms with E-state index in [0.717, 1.165) is 0 Å². The van der Waals surface area contributed by atoms with Crippen LogP contribution in [-0.4, -0.2) is 16.0 Å². The van der Waals surface area contributed by atoms with E-state index in [9.17, 15) is 4.79 Å². The normalized spacial score (nSPS) is 53.4. The number of halogens is 1. The monoisotopic (exact) mass is 146 g/mol. The van der Waals surface area contributed by atoms with Crippen LogP contribution in [0.4, 0.5) is 0 Å². The van der Waals surface area contributed by atoms with Gasteiger partial charge in [0.2, 0.25) is 0 Å². The Bertz CT molecular complexity index is 168. The van der Waals surface area contributed by atoms with E-state index in [1.54, 1.807) is 0 Å². The molecule has 0 aliphatic heterocycles. The Labute approximate surface area is 57.8 Å². The average molecular weight is 147 g/mol. The second-order valence-electron chi connectivity index (χ2n) is 3.27. The molecule has 2 bridgehead atoms. The molecule has 0 aromatic rings. The van der Waals surface area contributed by atoms with Gasteiger partial charge in [-0.3, -0.25) is 4.79 Å². The first-order valence-electron chi connectivity index (χ1n) is 2.99. The number of alkyl halides is 1. The maximum Gasteiger partial charge on any atom is 0.309 e. The summed E-state index contributed by atoms with van der Waals surface area (Å²) in [7, 11) is 0. The Kier molecular flexibility index (Phi) is 0.692. The van der Waals surface area contributed by atoms with Crippen molar-refractivity contribution in [2.75, 3.05) is 0 Å². The third kappa shape index (κ3) is 0.456. The molecule has 2 nitrogen and oxygen atoms in total. The molecule has 0 radical (unpaired) electrons. The molecule has 0 heterocycles. The van der Waals surface area contributed by atoms with Gasteiger partial charge in [0.15, 0.2) is 0 Å². The Morgan fingerprint density at radius 1 is 1.44 bits per heavy atom. The molecule has 9 heavy (non-hydrogen) atoms. The van der Waals surface area contributed by atoms with Crippen molar-refractivity contribution in [1.29, 1.82) is 0 Å². The van der Waals surface area contributed by atoms with E-state index in [2.05, 4.69) is 0 Å². The Balaban J connectivity index is 2.13. The molecule has 3 saturated carbocycles. The third-order valence-electron chi connectivity index (χ3n) is 2.42. The second-order valence-corrected chi connectivity index (χ2v) is 4.07. The van der Waals surface area contributed by atoms with Crippen LogP contribution in [0.25, 0.3) is 0 Å². The first-order valence-corrected chi connectivity index (χ1v) is 3.37. The summed E-state index contributed by atoms with van der Waals surface area (Å²) in [6.07, 6.45) is 2.07. The molecule has 3 rings (SSSR count). The van der Waals surface area contributed by atoms with Gasteiger partial charge in [-0.15, -0.1) is 11.6 Å². The fourth-order valence-corrected chi connectivity index (χ4v) is 2.66. The van der Waals surface area contributed by atoms with Gasteiger partial charge in [-0.1, -0.05) is 0 Å². The van der Waals surface area contributed by atoms with Crippen LogP contribution in [0.3, 0.4) is 0 Å². The lowest BCUT2D eigenvalue weighted by Gasteiger charge is -2.64. The minimum atomic E-state index is -0.662. The zero-order valence-corrected chi connectivity index (χ0v) is 5.61. The molecule has 0 aromatic carbocycles. The van der Waals surface area contributed by atoms with Crippen molar-refractivity contribution in [3.63, 3.8) is 0 Å². The molecule has 0 spiro atoms. The van der Waals surface area contributed by atoms with Crippen molar-refractivity contribution in [3.05, 3.63) is 0 Å². The number of hydrogen-bond acceptors (Lipinski definition) is 1. The summed E-state index contributed by atoms with van der Waals surface area (Å²) in [5.74, 6) is -0.662. The highest BCUT2D eigenvalue weighted by atomic mass is 35.5. The van der Waals surface area contributed by atoms with Crippen LogP contribution in [0.15, 0.2) is 0 Å². The number of rotatable bonds is 1. The maximum atomic E-state index is 10.4. The molecule has 1 N–H and O–H groups in total. The molecular weight excluding hydrogens is 140 g/mol. The van der Waals surface area contributed by atoms with Gasteiger partial charge in [0.1, 0.15) is 0 Å². The first-order chi connectivity index (χ1) is 4.06. The van der Waals surface area contributed by atoms with E-state index in [0.29, 0.717) is 19.3 Å². The number of carbonyl (C=O) groups is 1. The highest BCUT2D eigenvalue weighted by Crippen LogP contribution is 2.70. The average Bonchev–Trinajstić information content (AvgIpc) is 1.54. The van der Waals surface area contributed by atoms with Gasteiger partial charge < -0.3 is 5.11 Å². The Hall–Kier alpha value is -0.240. The topological polar surface area (TPSA) is 37.3 Å². The van der Waals surface area contributed by atoms with Crippen molar-refractivity contribution in [1.82, 2.24) is 0 Å². The van der Waals surface area contributed by atoms with Gasteiger partial charge in [0.05, 0.1) is 5.41 Å². The van der Waals surface area contributed by atoms with Gasteiger partial charge in [0, 0.05) is 4.87 Å². The Morgan fingerprint density at radius 2 is 1.89 bits per heavy atom. The van der Waals surface area contributed by atoms with E-state index in [1.165, 1.54) is 0 Å². The fraction of sp³-hybridized carbons (Fsp3) is 0.833. The van der Waals surface area contributed by atoms with E-state index in [1.807, 2.05) is 0 Å². The van der Waals surface area contributed by atoms with Gasteiger partial charge in [0.25, 0.3) is 0 Å². The number of hydrogen-bond donors (Lipinski definition) is 1. The highest BCUT2D eigenvalue weighted by Gasteiger charge is 2.71. The molecule has 3 aliphatic carbocycles. The molecule has 0 aromatic heterocycles. The lowest BCUT2D eigenvalue weighted by atomic mass is 9.44. The van der Waals surface area contributed by atoms with E-state index < -0.39 is 5.97 Å². The van der Waals surface area contributed by atoms with Crippen LogP contribution in [0.2, 0.25) is 0 Å². The first kappa shape index (κ1) is 5.54. The maximum absolute atomic E-state index is 10.4. The molecule has 50 valence electrons. The van der Waals surface area contributed by atoms with Crippen molar-refractivity contribution in [2.24, 2.45) is 5.41 Å². The fourth-order valence-electron chi connectivity index (χ4n) is 1.89. The van der Waals surface area contributed by atoms with E-state index >= 15 is 0 Å².